The molecule has 1 fully saturated rings. The molecule has 1 saturated carbocycles. The zero-order valence-corrected chi connectivity index (χ0v) is 21.4. The molecule has 0 amide bonds. The van der Waals surface area contributed by atoms with Crippen LogP contribution in [0.5, 0.6) is 11.5 Å². The van der Waals surface area contributed by atoms with Gasteiger partial charge in [-0.05, 0) is 54.1 Å². The van der Waals surface area contributed by atoms with Crippen LogP contribution in [0.1, 0.15) is 46.5 Å². The Morgan fingerprint density at radius 2 is 1.80 bits per heavy atom. The van der Waals surface area contributed by atoms with Crippen LogP contribution in [0.25, 0.3) is 0 Å². The Morgan fingerprint density at radius 1 is 1.03 bits per heavy atom. The zero-order valence-electron chi connectivity index (χ0n) is 19.8. The molecule has 2 aromatic carbocycles. The third kappa shape index (κ3) is 5.69. The molecule has 0 radical (unpaired) electrons. The van der Waals surface area contributed by atoms with Gasteiger partial charge in [0.25, 0.3) is 0 Å². The van der Waals surface area contributed by atoms with Gasteiger partial charge in [0.2, 0.25) is 10.0 Å². The van der Waals surface area contributed by atoms with Crippen molar-refractivity contribution in [2.24, 2.45) is 0 Å². The van der Waals surface area contributed by atoms with Crippen LogP contribution < -0.4 is 9.47 Å². The van der Waals surface area contributed by atoms with Crippen molar-refractivity contribution >= 4 is 27.3 Å². The van der Waals surface area contributed by atoms with Crippen molar-refractivity contribution in [2.45, 2.75) is 49.8 Å². The van der Waals surface area contributed by atoms with Crippen molar-refractivity contribution in [2.75, 3.05) is 14.2 Å². The summed E-state index contributed by atoms with van der Waals surface area (Å²) < 4.78 is 45.7. The van der Waals surface area contributed by atoms with Crippen LogP contribution in [0.3, 0.4) is 0 Å². The molecule has 0 saturated heterocycles. The number of ether oxygens (including phenoxy) is 3. The monoisotopic (exact) mass is 515 g/mol. The molecule has 186 valence electrons. The molecular weight excluding hydrogens is 486 g/mol. The first-order chi connectivity index (χ1) is 16.9. The summed E-state index contributed by atoms with van der Waals surface area (Å²) in [7, 11) is -1.16. The second-order valence-corrected chi connectivity index (χ2v) is 11.2. The van der Waals surface area contributed by atoms with Gasteiger partial charge in [0, 0.05) is 17.5 Å². The van der Waals surface area contributed by atoms with Gasteiger partial charge in [-0.15, -0.1) is 11.3 Å². The minimum absolute atomic E-state index is 0.0349. The number of hydrogen-bond acceptors (Lipinski definition) is 7. The Labute approximate surface area is 210 Å². The van der Waals surface area contributed by atoms with E-state index in [9.17, 15) is 13.2 Å². The first-order valence-corrected chi connectivity index (χ1v) is 13.8. The van der Waals surface area contributed by atoms with Gasteiger partial charge < -0.3 is 14.2 Å². The van der Waals surface area contributed by atoms with Gasteiger partial charge in [-0.1, -0.05) is 37.1 Å². The number of rotatable bonds is 10. The van der Waals surface area contributed by atoms with E-state index in [1.54, 1.807) is 36.6 Å². The summed E-state index contributed by atoms with van der Waals surface area (Å²) in [6.07, 6.45) is 3.48. The number of esters is 1. The lowest BCUT2D eigenvalue weighted by molar-refractivity contribution is 0.0596. The summed E-state index contributed by atoms with van der Waals surface area (Å²) in [5, 5.41) is 1.99. The summed E-state index contributed by atoms with van der Waals surface area (Å²) in [6.45, 7) is 0.552. The van der Waals surface area contributed by atoms with E-state index in [4.69, 9.17) is 14.2 Å². The molecule has 0 aliphatic heterocycles. The predicted octanol–water partition coefficient (Wildman–Crippen LogP) is 5.26. The number of carbonyl (C=O) groups is 1. The molecule has 0 unspecified atom stereocenters. The van der Waals surface area contributed by atoms with Crippen LogP contribution in [0.4, 0.5) is 0 Å². The lowest BCUT2D eigenvalue weighted by Crippen LogP contribution is -2.39. The normalized spacial score (nSPS) is 14.3. The number of hydrogen-bond donors (Lipinski definition) is 0. The summed E-state index contributed by atoms with van der Waals surface area (Å²) in [6, 6.07) is 15.5. The maximum atomic E-state index is 13.9. The number of thiophene rings is 1. The fourth-order valence-corrected chi connectivity index (χ4v) is 6.83. The number of carbonyl (C=O) groups excluding carboxylic acids is 1. The topological polar surface area (TPSA) is 82.1 Å². The first-order valence-electron chi connectivity index (χ1n) is 11.5. The first kappa shape index (κ1) is 25.2. The minimum Gasteiger partial charge on any atom is -0.493 e. The van der Waals surface area contributed by atoms with E-state index >= 15 is 0 Å². The Balaban J connectivity index is 1.67. The van der Waals surface area contributed by atoms with Crippen LogP contribution in [-0.2, 0) is 27.9 Å². The quantitative estimate of drug-likeness (QED) is 0.343. The maximum Gasteiger partial charge on any atom is 0.339 e. The fourth-order valence-electron chi connectivity index (χ4n) is 4.35. The third-order valence-corrected chi connectivity index (χ3v) is 8.93. The van der Waals surface area contributed by atoms with Gasteiger partial charge in [0.05, 0.1) is 24.7 Å². The molecule has 4 rings (SSSR count). The SMILES string of the molecule is COC(=O)c1ccccc1S(=O)(=O)N(Cc1ccc(OC)c(OCc2cccs2)c1)C1CCCC1. The Kier molecular flexibility index (Phi) is 8.10. The molecule has 9 heteroatoms. The molecule has 0 atom stereocenters. The third-order valence-electron chi connectivity index (χ3n) is 6.13. The van der Waals surface area contributed by atoms with E-state index in [1.165, 1.54) is 23.5 Å². The van der Waals surface area contributed by atoms with Gasteiger partial charge in [-0.25, -0.2) is 13.2 Å². The highest BCUT2D eigenvalue weighted by atomic mass is 32.2. The molecule has 3 aromatic rings. The van der Waals surface area contributed by atoms with E-state index in [0.29, 0.717) is 18.1 Å². The van der Waals surface area contributed by atoms with Crippen molar-refractivity contribution < 1.29 is 27.4 Å². The van der Waals surface area contributed by atoms with Crippen LogP contribution in [0.2, 0.25) is 0 Å². The van der Waals surface area contributed by atoms with Crippen molar-refractivity contribution in [3.8, 4) is 11.5 Å². The van der Waals surface area contributed by atoms with Crippen molar-refractivity contribution in [1.82, 2.24) is 4.31 Å². The molecule has 35 heavy (non-hydrogen) atoms. The van der Waals surface area contributed by atoms with Crippen molar-refractivity contribution in [1.29, 1.82) is 0 Å². The smallest absolute Gasteiger partial charge is 0.339 e. The highest BCUT2D eigenvalue weighted by Crippen LogP contribution is 2.34. The molecular formula is C26H29NO6S2. The minimum atomic E-state index is -3.98. The van der Waals surface area contributed by atoms with Crippen molar-refractivity contribution in [3.05, 3.63) is 76.0 Å². The molecule has 0 bridgehead atoms. The number of benzene rings is 2. The second-order valence-electron chi connectivity index (χ2n) is 8.33. The molecule has 7 nitrogen and oxygen atoms in total. The molecule has 1 aromatic heterocycles. The zero-order chi connectivity index (χ0) is 24.8. The molecule has 1 heterocycles. The van der Waals surface area contributed by atoms with E-state index in [1.807, 2.05) is 29.6 Å². The van der Waals surface area contributed by atoms with Gasteiger partial charge in [0.15, 0.2) is 11.5 Å². The summed E-state index contributed by atoms with van der Waals surface area (Å²) >= 11 is 1.60. The highest BCUT2D eigenvalue weighted by Gasteiger charge is 2.36. The standard InChI is InChI=1S/C26H29NO6S2/c1-31-23-14-13-19(16-24(23)33-18-21-10-7-15-34-21)17-27(20-8-3-4-9-20)35(29,30)25-12-6-5-11-22(25)26(28)32-2/h5-7,10-16,20H,3-4,8-9,17-18H2,1-2H3. The largest absolute Gasteiger partial charge is 0.493 e. The van der Waals surface area contributed by atoms with Crippen LogP contribution in [0.15, 0.2) is 64.9 Å². The average molecular weight is 516 g/mol. The van der Waals surface area contributed by atoms with Crippen LogP contribution in [-0.4, -0.2) is 39.0 Å². The number of methoxy groups -OCH3 is 2. The molecule has 0 N–H and O–H groups in total. The Morgan fingerprint density at radius 3 is 2.49 bits per heavy atom. The van der Waals surface area contributed by atoms with Crippen LogP contribution in [0, 0.1) is 0 Å². The van der Waals surface area contributed by atoms with Crippen LogP contribution >= 0.6 is 11.3 Å². The summed E-state index contributed by atoms with van der Waals surface area (Å²) in [5.41, 5.74) is 0.811. The van der Waals surface area contributed by atoms with E-state index in [-0.39, 0.29) is 23.0 Å². The molecule has 1 aliphatic rings. The fraction of sp³-hybridized carbons (Fsp3) is 0.346. The van der Waals surface area contributed by atoms with Crippen molar-refractivity contribution in [3.63, 3.8) is 0 Å². The van der Waals surface area contributed by atoms with E-state index < -0.39 is 16.0 Å². The maximum absolute atomic E-state index is 13.9. The van der Waals surface area contributed by atoms with Gasteiger partial charge in [-0.3, -0.25) is 0 Å². The lowest BCUT2D eigenvalue weighted by Gasteiger charge is -2.29. The number of nitrogens with zero attached hydrogens (tertiary/aromatic N) is 1. The predicted molar refractivity (Wildman–Crippen MR) is 134 cm³/mol. The van der Waals surface area contributed by atoms with Gasteiger partial charge in [0.1, 0.15) is 6.61 Å². The highest BCUT2D eigenvalue weighted by molar-refractivity contribution is 7.89. The number of sulfonamides is 1. The summed E-state index contributed by atoms with van der Waals surface area (Å²) in [5.74, 6) is 0.456. The Hall–Kier alpha value is -2.88. The second kappa shape index (κ2) is 11.2. The van der Waals surface area contributed by atoms with Gasteiger partial charge >= 0.3 is 5.97 Å². The molecule has 0 spiro atoms. The Bertz CT molecular complexity index is 1250. The van der Waals surface area contributed by atoms with E-state index in [0.717, 1.165) is 36.1 Å². The van der Waals surface area contributed by atoms with Gasteiger partial charge in [-0.2, -0.15) is 4.31 Å². The average Bonchev–Trinajstić information content (AvgIpc) is 3.60. The lowest BCUT2D eigenvalue weighted by atomic mass is 10.1. The van der Waals surface area contributed by atoms with E-state index in [2.05, 4.69) is 0 Å². The summed E-state index contributed by atoms with van der Waals surface area (Å²) in [4.78, 5) is 13.4. The molecule has 1 aliphatic carbocycles.